The molecular weight excluding hydrogens is 297 g/mol. The molecular formula is C10H5F3N4O4. The van der Waals surface area contributed by atoms with E-state index in [-0.39, 0.29) is 11.3 Å². The summed E-state index contributed by atoms with van der Waals surface area (Å²) >= 11 is 0. The highest BCUT2D eigenvalue weighted by Crippen LogP contribution is 2.40. The SMILES string of the molecule is O=[N+]([O-])c1ccc(-c2n[nH]c(C(F)(F)F)c2[N+](=O)[O-])cc1. The van der Waals surface area contributed by atoms with Crippen LogP contribution in [0.25, 0.3) is 11.3 Å². The summed E-state index contributed by atoms with van der Waals surface area (Å²) in [5, 5.41) is 26.2. The van der Waals surface area contributed by atoms with Crippen LogP contribution < -0.4 is 0 Å². The number of rotatable bonds is 3. The van der Waals surface area contributed by atoms with Gasteiger partial charge < -0.3 is 0 Å². The van der Waals surface area contributed by atoms with Gasteiger partial charge in [-0.2, -0.15) is 18.3 Å². The van der Waals surface area contributed by atoms with Gasteiger partial charge >= 0.3 is 11.9 Å². The molecule has 0 fully saturated rings. The predicted octanol–water partition coefficient (Wildman–Crippen LogP) is 2.91. The van der Waals surface area contributed by atoms with Gasteiger partial charge in [-0.1, -0.05) is 0 Å². The number of aromatic amines is 1. The van der Waals surface area contributed by atoms with Crippen LogP contribution in [0, 0.1) is 20.2 Å². The Morgan fingerprint density at radius 2 is 1.62 bits per heavy atom. The van der Waals surface area contributed by atoms with Crippen LogP contribution in [0.15, 0.2) is 24.3 Å². The smallest absolute Gasteiger partial charge is 0.267 e. The van der Waals surface area contributed by atoms with Gasteiger partial charge in [0.05, 0.1) is 9.85 Å². The molecule has 2 rings (SSSR count). The quantitative estimate of drug-likeness (QED) is 0.691. The second kappa shape index (κ2) is 4.85. The van der Waals surface area contributed by atoms with Gasteiger partial charge in [-0.3, -0.25) is 25.3 Å². The highest BCUT2D eigenvalue weighted by atomic mass is 19.4. The molecule has 0 spiro atoms. The molecule has 8 nitrogen and oxygen atoms in total. The minimum Gasteiger partial charge on any atom is -0.267 e. The first kappa shape index (κ1) is 14.4. The number of nitrogens with zero attached hydrogens (tertiary/aromatic N) is 3. The van der Waals surface area contributed by atoms with Crippen molar-refractivity contribution >= 4 is 11.4 Å². The van der Waals surface area contributed by atoms with Crippen molar-refractivity contribution in [3.8, 4) is 11.3 Å². The Labute approximate surface area is 113 Å². The van der Waals surface area contributed by atoms with Crippen molar-refractivity contribution in [1.82, 2.24) is 10.2 Å². The lowest BCUT2D eigenvalue weighted by molar-refractivity contribution is -0.387. The van der Waals surface area contributed by atoms with Crippen LogP contribution >= 0.6 is 0 Å². The molecule has 0 radical (unpaired) electrons. The number of hydrogen-bond acceptors (Lipinski definition) is 5. The topological polar surface area (TPSA) is 115 Å². The lowest BCUT2D eigenvalue weighted by Crippen LogP contribution is -2.08. The Hall–Kier alpha value is -2.98. The number of non-ortho nitro benzene ring substituents is 1. The van der Waals surface area contributed by atoms with E-state index in [0.29, 0.717) is 0 Å². The van der Waals surface area contributed by atoms with Crippen molar-refractivity contribution < 1.29 is 23.0 Å². The number of hydrogen-bond donors (Lipinski definition) is 1. The molecule has 0 saturated carbocycles. The number of halogens is 3. The molecule has 0 atom stereocenters. The summed E-state index contributed by atoms with van der Waals surface area (Å²) in [6.45, 7) is 0. The van der Waals surface area contributed by atoms with Crippen molar-refractivity contribution in [2.45, 2.75) is 6.18 Å². The van der Waals surface area contributed by atoms with Gasteiger partial charge in [0.25, 0.3) is 5.69 Å². The van der Waals surface area contributed by atoms with Crippen molar-refractivity contribution in [1.29, 1.82) is 0 Å². The van der Waals surface area contributed by atoms with Crippen molar-refractivity contribution in [2.24, 2.45) is 0 Å². The fraction of sp³-hybridized carbons (Fsp3) is 0.100. The van der Waals surface area contributed by atoms with Gasteiger partial charge in [-0.05, 0) is 12.1 Å². The summed E-state index contributed by atoms with van der Waals surface area (Å²) in [7, 11) is 0. The van der Waals surface area contributed by atoms with Gasteiger partial charge in [0.15, 0.2) is 5.69 Å². The third-order valence-electron chi connectivity index (χ3n) is 2.56. The first-order valence-corrected chi connectivity index (χ1v) is 5.26. The van der Waals surface area contributed by atoms with Crippen LogP contribution in [0.1, 0.15) is 5.69 Å². The zero-order chi connectivity index (χ0) is 15.8. The summed E-state index contributed by atoms with van der Waals surface area (Å²) in [5.74, 6) is 0. The van der Waals surface area contributed by atoms with Crippen molar-refractivity contribution in [3.05, 3.63) is 50.2 Å². The van der Waals surface area contributed by atoms with E-state index in [1.807, 2.05) is 0 Å². The van der Waals surface area contributed by atoms with Crippen molar-refractivity contribution in [2.75, 3.05) is 0 Å². The van der Waals surface area contributed by atoms with E-state index in [1.54, 1.807) is 5.10 Å². The lowest BCUT2D eigenvalue weighted by Gasteiger charge is -2.02. The lowest BCUT2D eigenvalue weighted by atomic mass is 10.1. The predicted molar refractivity (Wildman–Crippen MR) is 62.3 cm³/mol. The van der Waals surface area contributed by atoms with Crippen LogP contribution in [-0.2, 0) is 6.18 Å². The molecule has 0 aliphatic heterocycles. The maximum Gasteiger partial charge on any atom is 0.439 e. The third-order valence-corrected chi connectivity index (χ3v) is 2.56. The van der Waals surface area contributed by atoms with Crippen LogP contribution in [0.4, 0.5) is 24.5 Å². The molecule has 110 valence electrons. The zero-order valence-electron chi connectivity index (χ0n) is 9.92. The minimum absolute atomic E-state index is 0.0425. The van der Waals surface area contributed by atoms with Gasteiger partial charge in [-0.25, -0.2) is 0 Å². The first-order valence-electron chi connectivity index (χ1n) is 5.26. The van der Waals surface area contributed by atoms with E-state index in [1.165, 1.54) is 0 Å². The first-order chi connectivity index (χ1) is 9.71. The Bertz CT molecular complexity index is 708. The molecule has 11 heteroatoms. The zero-order valence-corrected chi connectivity index (χ0v) is 9.92. The summed E-state index contributed by atoms with van der Waals surface area (Å²) in [5.41, 5.74) is -3.69. The van der Waals surface area contributed by atoms with Crippen LogP contribution in [0.2, 0.25) is 0 Å². The average Bonchev–Trinajstić information content (AvgIpc) is 2.83. The maximum atomic E-state index is 12.6. The number of benzene rings is 1. The van der Waals surface area contributed by atoms with Crippen molar-refractivity contribution in [3.63, 3.8) is 0 Å². The molecule has 0 bridgehead atoms. The monoisotopic (exact) mass is 302 g/mol. The molecule has 2 aromatic rings. The Kier molecular flexibility index (Phi) is 3.33. The van der Waals surface area contributed by atoms with E-state index in [2.05, 4.69) is 5.10 Å². The minimum atomic E-state index is -4.96. The second-order valence-corrected chi connectivity index (χ2v) is 3.85. The molecule has 0 amide bonds. The van der Waals surface area contributed by atoms with Crippen LogP contribution in [0.5, 0.6) is 0 Å². The van der Waals surface area contributed by atoms with Gasteiger partial charge in [0.1, 0.15) is 0 Å². The van der Waals surface area contributed by atoms with E-state index in [9.17, 15) is 33.4 Å². The van der Waals surface area contributed by atoms with E-state index < -0.39 is 33.1 Å². The fourth-order valence-corrected chi connectivity index (χ4v) is 1.65. The van der Waals surface area contributed by atoms with Gasteiger partial charge in [0.2, 0.25) is 5.69 Å². The molecule has 0 aliphatic rings. The highest BCUT2D eigenvalue weighted by Gasteiger charge is 2.43. The van der Waals surface area contributed by atoms with Gasteiger partial charge in [0, 0.05) is 17.7 Å². The fourth-order valence-electron chi connectivity index (χ4n) is 1.65. The number of aromatic nitrogens is 2. The Morgan fingerprint density at radius 3 is 2.05 bits per heavy atom. The summed E-state index contributed by atoms with van der Waals surface area (Å²) < 4.78 is 37.9. The number of H-pyrrole nitrogens is 1. The highest BCUT2D eigenvalue weighted by molar-refractivity contribution is 5.72. The Balaban J connectivity index is 2.57. The molecule has 1 N–H and O–H groups in total. The summed E-state index contributed by atoms with van der Waals surface area (Å²) in [4.78, 5) is 19.4. The van der Waals surface area contributed by atoms with Crippen LogP contribution in [-0.4, -0.2) is 20.0 Å². The largest absolute Gasteiger partial charge is 0.439 e. The normalized spacial score (nSPS) is 11.4. The van der Waals surface area contributed by atoms with Crippen LogP contribution in [0.3, 0.4) is 0 Å². The summed E-state index contributed by atoms with van der Waals surface area (Å²) in [6.07, 6.45) is -4.96. The number of nitro groups is 2. The third kappa shape index (κ3) is 2.66. The van der Waals surface area contributed by atoms with E-state index in [0.717, 1.165) is 24.3 Å². The molecule has 1 aromatic heterocycles. The maximum absolute atomic E-state index is 12.6. The number of nitrogens with one attached hydrogen (secondary N) is 1. The molecule has 21 heavy (non-hydrogen) atoms. The number of nitro benzene ring substituents is 1. The van der Waals surface area contributed by atoms with E-state index >= 15 is 0 Å². The van der Waals surface area contributed by atoms with Gasteiger partial charge in [-0.15, -0.1) is 0 Å². The summed E-state index contributed by atoms with van der Waals surface area (Å²) in [6, 6.07) is 4.20. The molecule has 0 saturated heterocycles. The molecule has 0 unspecified atom stereocenters. The molecule has 1 heterocycles. The van der Waals surface area contributed by atoms with E-state index in [4.69, 9.17) is 0 Å². The standard InChI is InChI=1S/C10H5F3N4O4/c11-10(12,13)9-8(17(20)21)7(14-15-9)5-1-3-6(4-2-5)16(18)19/h1-4H,(H,14,15). The second-order valence-electron chi connectivity index (χ2n) is 3.85. The number of alkyl halides is 3. The molecule has 1 aromatic carbocycles. The molecule has 0 aliphatic carbocycles. The Morgan fingerprint density at radius 1 is 1.05 bits per heavy atom. The average molecular weight is 302 g/mol.